The van der Waals surface area contributed by atoms with Gasteiger partial charge in [-0.1, -0.05) is 0 Å². The minimum atomic E-state index is -0.211. The second-order valence-electron chi connectivity index (χ2n) is 7.07. The third-order valence-electron chi connectivity index (χ3n) is 4.98. The Balaban J connectivity index is 1.41. The van der Waals surface area contributed by atoms with E-state index in [1.807, 2.05) is 4.90 Å². The summed E-state index contributed by atoms with van der Waals surface area (Å²) in [6.07, 6.45) is 4.29. The number of amides is 1. The molecule has 142 valence electrons. The number of ether oxygens (including phenoxy) is 2. The summed E-state index contributed by atoms with van der Waals surface area (Å²) >= 11 is 0. The highest BCUT2D eigenvalue weighted by Gasteiger charge is 2.30. The Morgan fingerprint density at radius 3 is 2.60 bits per heavy atom. The molecule has 0 aromatic carbocycles. The van der Waals surface area contributed by atoms with Crippen molar-refractivity contribution in [1.29, 1.82) is 0 Å². The van der Waals surface area contributed by atoms with E-state index in [-0.39, 0.29) is 12.0 Å². The smallest absolute Gasteiger partial charge is 0.251 e. The van der Waals surface area contributed by atoms with E-state index in [9.17, 15) is 4.79 Å². The highest BCUT2D eigenvalue weighted by molar-refractivity contribution is 5.82. The number of hydrogen-bond donors (Lipinski definition) is 1. The van der Waals surface area contributed by atoms with Crippen molar-refractivity contribution in [3.8, 4) is 0 Å². The van der Waals surface area contributed by atoms with E-state index in [4.69, 9.17) is 9.47 Å². The normalized spacial score (nSPS) is 24.7. The van der Waals surface area contributed by atoms with Crippen LogP contribution in [-0.2, 0) is 14.3 Å². The maximum Gasteiger partial charge on any atom is 0.251 e. The molecule has 0 aromatic rings. The van der Waals surface area contributed by atoms with Crippen molar-refractivity contribution in [3.05, 3.63) is 0 Å². The lowest BCUT2D eigenvalue weighted by atomic mass is 10.2. The van der Waals surface area contributed by atoms with Crippen molar-refractivity contribution in [2.24, 2.45) is 10.9 Å². The molecule has 1 N–H and O–H groups in total. The number of nitrogens with one attached hydrogen (secondary N) is 1. The lowest BCUT2D eigenvalue weighted by Gasteiger charge is -2.37. The predicted molar refractivity (Wildman–Crippen MR) is 96.6 cm³/mol. The fourth-order valence-corrected chi connectivity index (χ4v) is 3.29. The number of guanidine groups is 1. The van der Waals surface area contributed by atoms with Crippen molar-refractivity contribution in [2.45, 2.75) is 38.7 Å². The van der Waals surface area contributed by atoms with Crippen molar-refractivity contribution in [3.63, 3.8) is 0 Å². The molecule has 0 bridgehead atoms. The molecular formula is C18H32N4O3. The van der Waals surface area contributed by atoms with E-state index in [2.05, 4.69) is 22.1 Å². The van der Waals surface area contributed by atoms with Gasteiger partial charge in [0.05, 0.1) is 13.2 Å². The van der Waals surface area contributed by atoms with Crippen LogP contribution in [0.25, 0.3) is 0 Å². The van der Waals surface area contributed by atoms with Gasteiger partial charge < -0.3 is 24.6 Å². The number of carbonyl (C=O) groups excluding carboxylic acids is 1. The molecule has 2 aliphatic heterocycles. The first kappa shape index (κ1) is 18.5. The molecule has 7 nitrogen and oxygen atoms in total. The van der Waals surface area contributed by atoms with E-state index >= 15 is 0 Å². The van der Waals surface area contributed by atoms with Gasteiger partial charge in [-0.3, -0.25) is 9.79 Å². The Labute approximate surface area is 150 Å². The van der Waals surface area contributed by atoms with Crippen LogP contribution in [0.2, 0.25) is 0 Å². The summed E-state index contributed by atoms with van der Waals surface area (Å²) in [5.74, 6) is 1.89. The van der Waals surface area contributed by atoms with Crippen LogP contribution in [0.5, 0.6) is 0 Å². The largest absolute Gasteiger partial charge is 0.379 e. The van der Waals surface area contributed by atoms with Crippen LogP contribution in [0.4, 0.5) is 0 Å². The van der Waals surface area contributed by atoms with Crippen molar-refractivity contribution < 1.29 is 14.3 Å². The highest BCUT2D eigenvalue weighted by atomic mass is 16.5. The molecule has 25 heavy (non-hydrogen) atoms. The third-order valence-corrected chi connectivity index (χ3v) is 4.98. The summed E-state index contributed by atoms with van der Waals surface area (Å²) in [5, 5.41) is 3.36. The zero-order valence-corrected chi connectivity index (χ0v) is 15.4. The number of piperazine rings is 1. The van der Waals surface area contributed by atoms with Gasteiger partial charge in [0, 0.05) is 45.9 Å². The van der Waals surface area contributed by atoms with E-state index in [0.29, 0.717) is 13.2 Å². The van der Waals surface area contributed by atoms with Gasteiger partial charge in [-0.05, 0) is 38.5 Å². The fraction of sp³-hybridized carbons (Fsp3) is 0.889. The Kier molecular flexibility index (Phi) is 6.93. The molecular weight excluding hydrogens is 320 g/mol. The molecule has 2 heterocycles. The SMILES string of the molecule is CCNC(=NCCOCC1CC1)N1CCN(C(=O)C2CCCO2)CC1. The molecule has 0 aromatic heterocycles. The number of rotatable bonds is 7. The fourth-order valence-electron chi connectivity index (χ4n) is 3.29. The first-order valence-electron chi connectivity index (χ1n) is 9.79. The summed E-state index contributed by atoms with van der Waals surface area (Å²) in [4.78, 5) is 21.3. The minimum absolute atomic E-state index is 0.160. The van der Waals surface area contributed by atoms with Gasteiger partial charge >= 0.3 is 0 Å². The Morgan fingerprint density at radius 2 is 1.96 bits per heavy atom. The Hall–Kier alpha value is -1.34. The molecule has 0 radical (unpaired) electrons. The Morgan fingerprint density at radius 1 is 1.20 bits per heavy atom. The zero-order chi connectivity index (χ0) is 17.5. The van der Waals surface area contributed by atoms with Gasteiger partial charge in [0.1, 0.15) is 6.10 Å². The van der Waals surface area contributed by atoms with Crippen LogP contribution in [0, 0.1) is 5.92 Å². The van der Waals surface area contributed by atoms with Crippen molar-refractivity contribution in [2.75, 3.05) is 59.1 Å². The van der Waals surface area contributed by atoms with Crippen molar-refractivity contribution >= 4 is 11.9 Å². The van der Waals surface area contributed by atoms with Crippen molar-refractivity contribution in [1.82, 2.24) is 15.1 Å². The lowest BCUT2D eigenvalue weighted by molar-refractivity contribution is -0.142. The van der Waals surface area contributed by atoms with Crippen LogP contribution in [0.3, 0.4) is 0 Å². The predicted octanol–water partition coefficient (Wildman–Crippen LogP) is 0.702. The first-order valence-corrected chi connectivity index (χ1v) is 9.79. The van der Waals surface area contributed by atoms with Gasteiger partial charge in [-0.15, -0.1) is 0 Å². The second kappa shape index (κ2) is 9.38. The number of nitrogens with zero attached hydrogens (tertiary/aromatic N) is 3. The minimum Gasteiger partial charge on any atom is -0.379 e. The molecule has 3 aliphatic rings. The molecule has 0 spiro atoms. The average molecular weight is 352 g/mol. The molecule has 7 heteroatoms. The maximum absolute atomic E-state index is 12.4. The van der Waals surface area contributed by atoms with Crippen LogP contribution in [-0.4, -0.2) is 86.9 Å². The molecule has 1 saturated carbocycles. The van der Waals surface area contributed by atoms with E-state index in [0.717, 1.165) is 70.7 Å². The standard InChI is InChI=1S/C18H32N4O3/c1-2-19-18(20-7-13-24-14-15-5-6-15)22-10-8-21(9-11-22)17(23)16-4-3-12-25-16/h15-16H,2-14H2,1H3,(H,19,20). The number of carbonyl (C=O) groups is 1. The third kappa shape index (κ3) is 5.57. The quantitative estimate of drug-likeness (QED) is 0.415. The molecule has 3 fully saturated rings. The summed E-state index contributed by atoms with van der Waals surface area (Å²) < 4.78 is 11.2. The molecule has 1 aliphatic carbocycles. The second-order valence-corrected chi connectivity index (χ2v) is 7.07. The topological polar surface area (TPSA) is 66.4 Å². The van der Waals surface area contributed by atoms with Gasteiger partial charge in [0.15, 0.2) is 5.96 Å². The molecule has 1 atom stereocenters. The van der Waals surface area contributed by atoms with Gasteiger partial charge in [-0.2, -0.15) is 0 Å². The van der Waals surface area contributed by atoms with Crippen LogP contribution in [0.15, 0.2) is 4.99 Å². The molecule has 3 rings (SSSR count). The Bertz CT molecular complexity index is 453. The van der Waals surface area contributed by atoms with Crippen LogP contribution in [0.1, 0.15) is 32.6 Å². The highest BCUT2D eigenvalue weighted by Crippen LogP contribution is 2.28. The zero-order valence-electron chi connectivity index (χ0n) is 15.4. The maximum atomic E-state index is 12.4. The van der Waals surface area contributed by atoms with E-state index in [1.54, 1.807) is 0 Å². The van der Waals surface area contributed by atoms with Crippen LogP contribution >= 0.6 is 0 Å². The summed E-state index contributed by atoms with van der Waals surface area (Å²) in [6, 6.07) is 0. The van der Waals surface area contributed by atoms with E-state index in [1.165, 1.54) is 12.8 Å². The van der Waals surface area contributed by atoms with Gasteiger partial charge in [0.25, 0.3) is 5.91 Å². The first-order chi connectivity index (χ1) is 12.3. The average Bonchev–Trinajstić information content (AvgIpc) is 3.30. The summed E-state index contributed by atoms with van der Waals surface area (Å²) in [5.41, 5.74) is 0. The lowest BCUT2D eigenvalue weighted by Crippen LogP contribution is -2.55. The number of hydrogen-bond acceptors (Lipinski definition) is 4. The van der Waals surface area contributed by atoms with Gasteiger partial charge in [-0.25, -0.2) is 0 Å². The monoisotopic (exact) mass is 352 g/mol. The molecule has 1 amide bonds. The van der Waals surface area contributed by atoms with Crippen LogP contribution < -0.4 is 5.32 Å². The number of aliphatic imine (C=N–C) groups is 1. The summed E-state index contributed by atoms with van der Waals surface area (Å²) in [6.45, 7) is 9.00. The van der Waals surface area contributed by atoms with E-state index < -0.39 is 0 Å². The molecule has 1 unspecified atom stereocenters. The summed E-state index contributed by atoms with van der Waals surface area (Å²) in [7, 11) is 0. The molecule has 2 saturated heterocycles. The van der Waals surface area contributed by atoms with Gasteiger partial charge in [0.2, 0.25) is 0 Å².